The molecule has 6 heteroatoms. The topological polar surface area (TPSA) is 24.1 Å². The Kier molecular flexibility index (Phi) is 7.24. The summed E-state index contributed by atoms with van der Waals surface area (Å²) < 4.78 is 53.8. The minimum absolute atomic E-state index is 0.265. The highest BCUT2D eigenvalue weighted by Crippen LogP contribution is 2.20. The first-order valence-corrected chi connectivity index (χ1v) is 9.78. The molecule has 3 aromatic carbocycles. The van der Waals surface area contributed by atoms with E-state index in [9.17, 15) is 17.6 Å². The van der Waals surface area contributed by atoms with Crippen LogP contribution >= 0.6 is 0 Å². The lowest BCUT2D eigenvalue weighted by Crippen LogP contribution is -2.20. The predicted octanol–water partition coefficient (Wildman–Crippen LogP) is 5.94. The van der Waals surface area contributed by atoms with Gasteiger partial charge in [0.15, 0.2) is 0 Å². The normalized spacial score (nSPS) is 13.3. The summed E-state index contributed by atoms with van der Waals surface area (Å²) >= 11 is 0. The van der Waals surface area contributed by atoms with Crippen LogP contribution in [0, 0.1) is 23.3 Å². The maximum atomic E-state index is 13.9. The maximum absolute atomic E-state index is 13.9. The molecule has 0 radical (unpaired) electrons. The van der Waals surface area contributed by atoms with Crippen LogP contribution in [0.15, 0.2) is 60.7 Å². The summed E-state index contributed by atoms with van der Waals surface area (Å²) in [6.07, 6.45) is 0. The summed E-state index contributed by atoms with van der Waals surface area (Å²) in [6, 6.07) is 14.5. The highest BCUT2D eigenvalue weighted by atomic mass is 19.1. The van der Waals surface area contributed by atoms with Crippen LogP contribution in [0.4, 0.5) is 17.6 Å². The molecule has 0 bridgehead atoms. The fraction of sp³-hybridized carbons (Fsp3) is 0.250. The van der Waals surface area contributed by atoms with E-state index in [0.29, 0.717) is 24.2 Å². The van der Waals surface area contributed by atoms with Crippen LogP contribution in [0.1, 0.15) is 48.2 Å². The molecule has 0 saturated carbocycles. The monoisotopic (exact) mass is 416 g/mol. The molecule has 0 fully saturated rings. The van der Waals surface area contributed by atoms with Gasteiger partial charge in [-0.05, 0) is 37.1 Å². The van der Waals surface area contributed by atoms with Gasteiger partial charge in [0.05, 0.1) is 0 Å². The summed E-state index contributed by atoms with van der Waals surface area (Å²) in [5.74, 6) is -2.32. The summed E-state index contributed by atoms with van der Waals surface area (Å²) in [4.78, 5) is 0. The molecule has 30 heavy (non-hydrogen) atoms. The fourth-order valence-electron chi connectivity index (χ4n) is 3.24. The zero-order chi connectivity index (χ0) is 21.7. The molecule has 2 nitrogen and oxygen atoms in total. The number of benzene rings is 3. The zero-order valence-electron chi connectivity index (χ0n) is 16.9. The molecular weight excluding hydrogens is 392 g/mol. The Balaban J connectivity index is 1.52. The van der Waals surface area contributed by atoms with Gasteiger partial charge in [-0.3, -0.25) is 0 Å². The average Bonchev–Trinajstić information content (AvgIpc) is 2.71. The van der Waals surface area contributed by atoms with E-state index in [4.69, 9.17) is 0 Å². The van der Waals surface area contributed by atoms with Crippen molar-refractivity contribution < 1.29 is 17.6 Å². The summed E-state index contributed by atoms with van der Waals surface area (Å²) in [6.45, 7) is 4.71. The number of rotatable bonds is 8. The highest BCUT2D eigenvalue weighted by Gasteiger charge is 2.12. The van der Waals surface area contributed by atoms with Crippen LogP contribution in [0.3, 0.4) is 0 Å². The van der Waals surface area contributed by atoms with E-state index in [-0.39, 0.29) is 12.1 Å². The third kappa shape index (κ3) is 5.68. The standard InChI is InChI=1S/C24H24F4N2/c1-15(21-9-7-19(25)11-23(21)27)29-13-17-3-5-18(6-4-17)14-30-16(2)22-10-8-20(26)12-24(22)28/h3-12,15-16,29-30H,13-14H2,1-2H3/t15-,16-/m0/s1. The second-order valence-electron chi connectivity index (χ2n) is 7.35. The van der Waals surface area contributed by atoms with Gasteiger partial charge in [0.2, 0.25) is 0 Å². The van der Waals surface area contributed by atoms with Gasteiger partial charge in [0.25, 0.3) is 0 Å². The van der Waals surface area contributed by atoms with Gasteiger partial charge >= 0.3 is 0 Å². The van der Waals surface area contributed by atoms with Gasteiger partial charge in [-0.25, -0.2) is 17.6 Å². The predicted molar refractivity (Wildman–Crippen MR) is 110 cm³/mol. The van der Waals surface area contributed by atoms with Crippen LogP contribution in [0.25, 0.3) is 0 Å². The van der Waals surface area contributed by atoms with Crippen molar-refractivity contribution in [1.29, 1.82) is 0 Å². The molecule has 3 rings (SSSR count). The zero-order valence-corrected chi connectivity index (χ0v) is 16.9. The summed E-state index contributed by atoms with van der Waals surface area (Å²) in [5, 5.41) is 6.45. The molecule has 0 unspecified atom stereocenters. The van der Waals surface area contributed by atoms with Crippen LogP contribution < -0.4 is 10.6 Å². The van der Waals surface area contributed by atoms with Gasteiger partial charge in [0, 0.05) is 48.4 Å². The molecule has 0 aromatic heterocycles. The molecule has 2 N–H and O–H groups in total. The van der Waals surface area contributed by atoms with E-state index in [1.807, 2.05) is 38.1 Å². The lowest BCUT2D eigenvalue weighted by molar-refractivity contribution is 0.515. The van der Waals surface area contributed by atoms with Gasteiger partial charge in [-0.2, -0.15) is 0 Å². The van der Waals surface area contributed by atoms with E-state index in [1.165, 1.54) is 24.3 Å². The first kappa shape index (κ1) is 22.0. The number of hydrogen-bond acceptors (Lipinski definition) is 2. The SMILES string of the molecule is C[C@H](NCc1ccc(CN[C@@H](C)c2ccc(F)cc2F)cc1)c1ccc(F)cc1F. The van der Waals surface area contributed by atoms with Crippen molar-refractivity contribution >= 4 is 0 Å². The Labute approximate surface area is 173 Å². The minimum Gasteiger partial charge on any atom is -0.306 e. The molecule has 0 saturated heterocycles. The smallest absolute Gasteiger partial charge is 0.130 e. The molecular formula is C24H24F4N2. The van der Waals surface area contributed by atoms with E-state index in [2.05, 4.69) is 10.6 Å². The molecule has 2 atom stereocenters. The first-order valence-electron chi connectivity index (χ1n) is 9.78. The highest BCUT2D eigenvalue weighted by molar-refractivity contribution is 5.25. The van der Waals surface area contributed by atoms with Crippen LogP contribution in [-0.2, 0) is 13.1 Å². The van der Waals surface area contributed by atoms with Gasteiger partial charge in [0.1, 0.15) is 23.3 Å². The first-order chi connectivity index (χ1) is 14.3. The third-order valence-corrected chi connectivity index (χ3v) is 5.11. The van der Waals surface area contributed by atoms with E-state index < -0.39 is 23.3 Å². The van der Waals surface area contributed by atoms with Crippen LogP contribution in [0.2, 0.25) is 0 Å². The van der Waals surface area contributed by atoms with E-state index in [0.717, 1.165) is 23.3 Å². The van der Waals surface area contributed by atoms with Crippen molar-refractivity contribution in [3.05, 3.63) is 106 Å². The molecule has 0 aliphatic rings. The van der Waals surface area contributed by atoms with Crippen molar-refractivity contribution in [2.24, 2.45) is 0 Å². The van der Waals surface area contributed by atoms with Crippen molar-refractivity contribution in [1.82, 2.24) is 10.6 Å². The third-order valence-electron chi connectivity index (χ3n) is 5.11. The Bertz CT molecular complexity index is 908. The van der Waals surface area contributed by atoms with Crippen LogP contribution in [-0.4, -0.2) is 0 Å². The van der Waals surface area contributed by atoms with E-state index in [1.54, 1.807) is 0 Å². The lowest BCUT2D eigenvalue weighted by Gasteiger charge is -2.16. The summed E-state index contributed by atoms with van der Waals surface area (Å²) in [5.41, 5.74) is 2.87. The molecule has 3 aromatic rings. The Morgan fingerprint density at radius 3 is 1.30 bits per heavy atom. The second-order valence-corrected chi connectivity index (χ2v) is 7.35. The van der Waals surface area contributed by atoms with Crippen molar-refractivity contribution in [2.45, 2.75) is 39.0 Å². The van der Waals surface area contributed by atoms with Crippen molar-refractivity contribution in [3.63, 3.8) is 0 Å². The largest absolute Gasteiger partial charge is 0.306 e. The van der Waals surface area contributed by atoms with E-state index >= 15 is 0 Å². The number of halogens is 4. The van der Waals surface area contributed by atoms with Crippen LogP contribution in [0.5, 0.6) is 0 Å². The molecule has 0 amide bonds. The Morgan fingerprint density at radius 2 is 0.967 bits per heavy atom. The Hall–Kier alpha value is -2.70. The number of nitrogens with one attached hydrogen (secondary N) is 2. The van der Waals surface area contributed by atoms with Crippen molar-refractivity contribution in [2.75, 3.05) is 0 Å². The molecule has 158 valence electrons. The average molecular weight is 416 g/mol. The minimum atomic E-state index is -0.593. The van der Waals surface area contributed by atoms with Gasteiger partial charge in [-0.1, -0.05) is 36.4 Å². The maximum Gasteiger partial charge on any atom is 0.130 e. The fourth-order valence-corrected chi connectivity index (χ4v) is 3.24. The Morgan fingerprint density at radius 1 is 0.600 bits per heavy atom. The lowest BCUT2D eigenvalue weighted by atomic mass is 10.1. The summed E-state index contributed by atoms with van der Waals surface area (Å²) in [7, 11) is 0. The quantitative estimate of drug-likeness (QED) is 0.444. The molecule has 0 spiro atoms. The van der Waals surface area contributed by atoms with Crippen molar-refractivity contribution in [3.8, 4) is 0 Å². The molecule has 0 aliphatic carbocycles. The second kappa shape index (κ2) is 9.87. The number of hydrogen-bond donors (Lipinski definition) is 2. The molecule has 0 heterocycles. The molecule has 0 aliphatic heterocycles. The van der Waals surface area contributed by atoms with Gasteiger partial charge < -0.3 is 10.6 Å². The van der Waals surface area contributed by atoms with Gasteiger partial charge in [-0.15, -0.1) is 0 Å².